The molecule has 2 N–H and O–H groups in total. The van der Waals surface area contributed by atoms with E-state index >= 15 is 0 Å². The molecule has 178 valence electrons. The van der Waals surface area contributed by atoms with Crippen molar-refractivity contribution < 1.29 is 13.2 Å². The second kappa shape index (κ2) is 10.6. The van der Waals surface area contributed by atoms with Crippen molar-refractivity contribution in [3.8, 4) is 0 Å². The number of rotatable bonds is 9. The molecule has 34 heavy (non-hydrogen) atoms. The number of nitrogens with one attached hydrogen (secondary N) is 2. The van der Waals surface area contributed by atoms with E-state index in [9.17, 15) is 13.2 Å². The maximum atomic E-state index is 12.6. The molecule has 0 radical (unpaired) electrons. The Labute approximate surface area is 205 Å². The van der Waals surface area contributed by atoms with E-state index in [0.29, 0.717) is 25.1 Å². The van der Waals surface area contributed by atoms with Gasteiger partial charge in [0.15, 0.2) is 0 Å². The molecule has 1 amide bonds. The highest BCUT2D eigenvalue weighted by atomic mass is 32.2. The summed E-state index contributed by atoms with van der Waals surface area (Å²) >= 11 is 1.75. The summed E-state index contributed by atoms with van der Waals surface area (Å²) in [5, 5.41) is 2.98. The summed E-state index contributed by atoms with van der Waals surface area (Å²) in [5.41, 5.74) is 3.88. The molecular weight excluding hydrogens is 466 g/mol. The van der Waals surface area contributed by atoms with E-state index in [1.165, 1.54) is 9.79 Å². The SMILES string of the molecule is CC(C)NS(=O)(=O)Cc1ccc(CNC(=O)CCN2c3ccccc3Sc3ccccc32)cc1. The van der Waals surface area contributed by atoms with Crippen LogP contribution in [0.4, 0.5) is 11.4 Å². The minimum absolute atomic E-state index is 0.0269. The van der Waals surface area contributed by atoms with E-state index in [-0.39, 0.29) is 17.7 Å². The number of fused-ring (bicyclic) bond motifs is 2. The van der Waals surface area contributed by atoms with Gasteiger partial charge in [-0.25, -0.2) is 13.1 Å². The fourth-order valence-electron chi connectivity index (χ4n) is 3.90. The minimum Gasteiger partial charge on any atom is -0.352 e. The van der Waals surface area contributed by atoms with Gasteiger partial charge in [-0.3, -0.25) is 4.79 Å². The van der Waals surface area contributed by atoms with Gasteiger partial charge in [0.1, 0.15) is 0 Å². The highest BCUT2D eigenvalue weighted by Crippen LogP contribution is 2.47. The number of benzene rings is 3. The standard InChI is InChI=1S/C26H29N3O3S2/c1-19(2)28-34(31,32)18-21-13-11-20(12-14-21)17-27-26(30)15-16-29-22-7-3-5-9-24(22)33-25-10-6-4-8-23(25)29/h3-14,19,28H,15-18H2,1-2H3,(H,27,30). The monoisotopic (exact) mass is 495 g/mol. The van der Waals surface area contributed by atoms with Crippen LogP contribution >= 0.6 is 11.8 Å². The molecule has 0 atom stereocenters. The van der Waals surface area contributed by atoms with Gasteiger partial charge in [0.25, 0.3) is 0 Å². The molecule has 3 aromatic rings. The second-order valence-corrected chi connectivity index (χ2v) is 11.4. The summed E-state index contributed by atoms with van der Waals surface area (Å²) in [6.45, 7) is 4.58. The lowest BCUT2D eigenvalue weighted by molar-refractivity contribution is -0.121. The summed E-state index contributed by atoms with van der Waals surface area (Å²) in [7, 11) is -3.36. The maximum absolute atomic E-state index is 12.6. The Morgan fingerprint density at radius 2 is 1.44 bits per heavy atom. The average Bonchev–Trinajstić information content (AvgIpc) is 2.80. The fraction of sp³-hybridized carbons (Fsp3) is 0.269. The third kappa shape index (κ3) is 6.20. The van der Waals surface area contributed by atoms with Gasteiger partial charge in [0, 0.05) is 35.3 Å². The van der Waals surface area contributed by atoms with Crippen LogP contribution in [-0.2, 0) is 27.1 Å². The molecular formula is C26H29N3O3S2. The Bertz CT molecular complexity index is 1210. The Hall–Kier alpha value is -2.81. The van der Waals surface area contributed by atoms with Gasteiger partial charge in [-0.15, -0.1) is 0 Å². The van der Waals surface area contributed by atoms with Crippen molar-refractivity contribution in [2.45, 2.75) is 48.4 Å². The number of anilines is 2. The summed E-state index contributed by atoms with van der Waals surface area (Å²) in [5.74, 6) is -0.0875. The lowest BCUT2D eigenvalue weighted by Crippen LogP contribution is -2.31. The summed E-state index contributed by atoms with van der Waals surface area (Å²) in [6.07, 6.45) is 0.366. The van der Waals surface area contributed by atoms with Gasteiger partial charge in [-0.05, 0) is 49.2 Å². The van der Waals surface area contributed by atoms with E-state index in [1.807, 2.05) is 36.4 Å². The van der Waals surface area contributed by atoms with Crippen LogP contribution in [0.1, 0.15) is 31.4 Å². The number of hydrogen-bond donors (Lipinski definition) is 2. The van der Waals surface area contributed by atoms with Gasteiger partial charge in [0.2, 0.25) is 15.9 Å². The molecule has 1 aliphatic rings. The maximum Gasteiger partial charge on any atom is 0.222 e. The minimum atomic E-state index is -3.36. The van der Waals surface area contributed by atoms with E-state index in [4.69, 9.17) is 0 Å². The topological polar surface area (TPSA) is 78.5 Å². The summed E-state index contributed by atoms with van der Waals surface area (Å²) < 4.78 is 26.8. The molecule has 0 saturated carbocycles. The Kier molecular flexibility index (Phi) is 7.60. The van der Waals surface area contributed by atoms with E-state index in [0.717, 1.165) is 16.9 Å². The largest absolute Gasteiger partial charge is 0.352 e. The lowest BCUT2D eigenvalue weighted by atomic mass is 10.1. The predicted octanol–water partition coefficient (Wildman–Crippen LogP) is 4.82. The first-order chi connectivity index (χ1) is 16.3. The van der Waals surface area contributed by atoms with Crippen molar-refractivity contribution in [1.82, 2.24) is 10.0 Å². The number of para-hydroxylation sites is 2. The Morgan fingerprint density at radius 1 is 0.882 bits per heavy atom. The van der Waals surface area contributed by atoms with E-state index in [2.05, 4.69) is 39.2 Å². The highest BCUT2D eigenvalue weighted by Gasteiger charge is 2.23. The Morgan fingerprint density at radius 3 is 2.03 bits per heavy atom. The number of amides is 1. The van der Waals surface area contributed by atoms with Crippen molar-refractivity contribution >= 4 is 39.1 Å². The van der Waals surface area contributed by atoms with Crippen LogP contribution in [0.2, 0.25) is 0 Å². The van der Waals surface area contributed by atoms with E-state index < -0.39 is 10.0 Å². The zero-order valence-corrected chi connectivity index (χ0v) is 21.0. The first-order valence-electron chi connectivity index (χ1n) is 11.3. The van der Waals surface area contributed by atoms with Crippen molar-refractivity contribution in [3.05, 3.63) is 83.9 Å². The van der Waals surface area contributed by atoms with Crippen molar-refractivity contribution in [2.24, 2.45) is 0 Å². The molecule has 3 aromatic carbocycles. The van der Waals surface area contributed by atoms with Gasteiger partial charge in [-0.2, -0.15) is 0 Å². The summed E-state index contributed by atoms with van der Waals surface area (Å²) in [4.78, 5) is 17.2. The predicted molar refractivity (Wildman–Crippen MR) is 138 cm³/mol. The van der Waals surface area contributed by atoms with Crippen LogP contribution < -0.4 is 14.9 Å². The van der Waals surface area contributed by atoms with Gasteiger partial charge in [0.05, 0.1) is 17.1 Å². The molecule has 1 heterocycles. The van der Waals surface area contributed by atoms with Crippen LogP contribution in [0.15, 0.2) is 82.6 Å². The summed E-state index contributed by atoms with van der Waals surface area (Å²) in [6, 6.07) is 23.7. The quantitative estimate of drug-likeness (QED) is 0.445. The average molecular weight is 496 g/mol. The molecule has 4 rings (SSSR count). The zero-order valence-electron chi connectivity index (χ0n) is 19.3. The second-order valence-electron chi connectivity index (χ2n) is 8.56. The van der Waals surface area contributed by atoms with Gasteiger partial charge < -0.3 is 10.2 Å². The van der Waals surface area contributed by atoms with Gasteiger partial charge in [-0.1, -0.05) is 60.3 Å². The van der Waals surface area contributed by atoms with Crippen molar-refractivity contribution in [1.29, 1.82) is 0 Å². The van der Waals surface area contributed by atoms with E-state index in [1.54, 1.807) is 37.7 Å². The zero-order chi connectivity index (χ0) is 24.1. The molecule has 0 saturated heterocycles. The molecule has 8 heteroatoms. The number of carbonyl (C=O) groups is 1. The molecule has 6 nitrogen and oxygen atoms in total. The Balaban J connectivity index is 1.32. The number of nitrogens with zero attached hydrogens (tertiary/aromatic N) is 1. The fourth-order valence-corrected chi connectivity index (χ4v) is 6.43. The number of sulfonamides is 1. The van der Waals surface area contributed by atoms with Gasteiger partial charge >= 0.3 is 0 Å². The first-order valence-corrected chi connectivity index (χ1v) is 13.8. The number of carbonyl (C=O) groups excluding carboxylic acids is 1. The molecule has 0 unspecified atom stereocenters. The van der Waals surface area contributed by atoms with Crippen LogP contribution in [-0.4, -0.2) is 26.9 Å². The number of hydrogen-bond acceptors (Lipinski definition) is 5. The third-order valence-corrected chi connectivity index (χ3v) is 8.05. The first kappa shape index (κ1) is 24.3. The highest BCUT2D eigenvalue weighted by molar-refractivity contribution is 7.99. The normalized spacial score (nSPS) is 12.9. The third-order valence-electron chi connectivity index (χ3n) is 5.38. The van der Waals surface area contributed by atoms with Crippen LogP contribution in [0, 0.1) is 0 Å². The molecule has 0 aromatic heterocycles. The van der Waals surface area contributed by atoms with Crippen LogP contribution in [0.25, 0.3) is 0 Å². The van der Waals surface area contributed by atoms with Crippen LogP contribution in [0.3, 0.4) is 0 Å². The van der Waals surface area contributed by atoms with Crippen LogP contribution in [0.5, 0.6) is 0 Å². The van der Waals surface area contributed by atoms with Crippen molar-refractivity contribution in [2.75, 3.05) is 11.4 Å². The molecule has 0 fully saturated rings. The molecule has 0 bridgehead atoms. The molecule has 0 aliphatic carbocycles. The van der Waals surface area contributed by atoms with Crippen molar-refractivity contribution in [3.63, 3.8) is 0 Å². The molecule has 1 aliphatic heterocycles. The smallest absolute Gasteiger partial charge is 0.222 e. The lowest BCUT2D eigenvalue weighted by Gasteiger charge is -2.32. The molecule has 0 spiro atoms.